The van der Waals surface area contributed by atoms with E-state index in [0.717, 1.165) is 68.1 Å². The Morgan fingerprint density at radius 3 is 2.56 bits per heavy atom. The van der Waals surface area contributed by atoms with E-state index in [0.29, 0.717) is 24.7 Å². The number of carbonyl (C=O) groups excluding carboxylic acids is 1. The molecule has 5 rings (SSSR count). The highest BCUT2D eigenvalue weighted by Crippen LogP contribution is 2.29. The third-order valence-corrected chi connectivity index (χ3v) is 7.73. The second-order valence-corrected chi connectivity index (χ2v) is 10.3. The van der Waals surface area contributed by atoms with Gasteiger partial charge in [0.15, 0.2) is 0 Å². The van der Waals surface area contributed by atoms with Gasteiger partial charge in [0.25, 0.3) is 5.56 Å². The molecule has 0 unspecified atom stereocenters. The first-order chi connectivity index (χ1) is 17.6. The van der Waals surface area contributed by atoms with E-state index < -0.39 is 0 Å². The summed E-state index contributed by atoms with van der Waals surface area (Å²) in [4.78, 5) is 31.8. The molecule has 1 saturated heterocycles. The Hall–Kier alpha value is -3.09. The summed E-state index contributed by atoms with van der Waals surface area (Å²) in [6.45, 7) is 4.35. The lowest BCUT2D eigenvalue weighted by Gasteiger charge is -2.21. The minimum Gasteiger partial charge on any atom is -0.477 e. The highest BCUT2D eigenvalue weighted by atomic mass is 16.5. The second-order valence-electron chi connectivity index (χ2n) is 10.3. The van der Waals surface area contributed by atoms with Gasteiger partial charge in [-0.15, -0.1) is 0 Å². The van der Waals surface area contributed by atoms with Gasteiger partial charge >= 0.3 is 0 Å². The Bertz CT molecular complexity index is 1240. The van der Waals surface area contributed by atoms with E-state index in [2.05, 4.69) is 11.5 Å². The van der Waals surface area contributed by atoms with Crippen LogP contribution in [0.3, 0.4) is 0 Å². The average molecular weight is 491 g/mol. The number of hydrogen-bond acceptors (Lipinski definition) is 4. The molecule has 192 valence electrons. The predicted octanol–water partition coefficient (Wildman–Crippen LogP) is 5.83. The molecule has 0 bridgehead atoms. The maximum absolute atomic E-state index is 13.0. The Labute approximate surface area is 213 Å². The molecule has 0 N–H and O–H groups in total. The molecule has 7 nitrogen and oxygen atoms in total. The lowest BCUT2D eigenvalue weighted by molar-refractivity contribution is -0.117. The molecular weight excluding hydrogens is 452 g/mol. The molecule has 2 fully saturated rings. The van der Waals surface area contributed by atoms with E-state index in [1.807, 2.05) is 35.4 Å². The van der Waals surface area contributed by atoms with Crippen LogP contribution in [-0.2, 0) is 11.3 Å². The molecule has 7 heteroatoms. The first kappa shape index (κ1) is 24.6. The van der Waals surface area contributed by atoms with E-state index in [1.165, 1.54) is 38.2 Å². The van der Waals surface area contributed by atoms with Crippen LogP contribution in [0.25, 0.3) is 17.0 Å². The Morgan fingerprint density at radius 1 is 1.03 bits per heavy atom. The molecule has 0 spiro atoms. The van der Waals surface area contributed by atoms with Gasteiger partial charge in [-0.05, 0) is 42.9 Å². The molecular formula is C29H38N4O3. The number of aryl methyl sites for hydroxylation is 1. The van der Waals surface area contributed by atoms with E-state index in [-0.39, 0.29) is 11.5 Å². The van der Waals surface area contributed by atoms with Gasteiger partial charge in [-0.3, -0.25) is 14.0 Å². The van der Waals surface area contributed by atoms with Gasteiger partial charge in [-0.25, -0.2) is 0 Å². The van der Waals surface area contributed by atoms with Crippen LogP contribution in [0, 0.1) is 5.92 Å². The summed E-state index contributed by atoms with van der Waals surface area (Å²) in [5, 5.41) is 0. The van der Waals surface area contributed by atoms with Crippen LogP contribution in [0.5, 0.6) is 5.88 Å². The van der Waals surface area contributed by atoms with Gasteiger partial charge in [0, 0.05) is 31.4 Å². The molecule has 1 saturated carbocycles. The lowest BCUT2D eigenvalue weighted by atomic mass is 9.87. The second kappa shape index (κ2) is 11.3. The van der Waals surface area contributed by atoms with Crippen LogP contribution in [0.15, 0.2) is 41.3 Å². The van der Waals surface area contributed by atoms with E-state index in [1.54, 1.807) is 4.40 Å². The number of amides is 1. The summed E-state index contributed by atoms with van der Waals surface area (Å²) in [6.07, 6.45) is 14.2. The van der Waals surface area contributed by atoms with Crippen LogP contribution < -0.4 is 15.2 Å². The highest BCUT2D eigenvalue weighted by molar-refractivity contribution is 5.95. The molecule has 1 aliphatic carbocycles. The van der Waals surface area contributed by atoms with Crippen LogP contribution in [0.1, 0.15) is 77.6 Å². The summed E-state index contributed by atoms with van der Waals surface area (Å²) < 4.78 is 9.77. The Morgan fingerprint density at radius 2 is 1.83 bits per heavy atom. The van der Waals surface area contributed by atoms with Gasteiger partial charge in [0.05, 0.1) is 18.4 Å². The van der Waals surface area contributed by atoms with Gasteiger partial charge in [0.1, 0.15) is 0 Å². The lowest BCUT2D eigenvalue weighted by Crippen LogP contribution is -2.23. The molecule has 3 heterocycles. The normalized spacial score (nSPS) is 16.8. The summed E-state index contributed by atoms with van der Waals surface area (Å²) in [6, 6.07) is 9.59. The van der Waals surface area contributed by atoms with Gasteiger partial charge in [-0.2, -0.15) is 4.98 Å². The minimum atomic E-state index is -0.123. The number of fused-ring (bicyclic) bond motifs is 1. The zero-order valence-corrected chi connectivity index (χ0v) is 21.5. The Balaban J connectivity index is 1.42. The molecule has 2 aliphatic rings. The number of anilines is 1. The zero-order chi connectivity index (χ0) is 24.9. The molecule has 1 amide bonds. The van der Waals surface area contributed by atoms with Crippen LogP contribution >= 0.6 is 0 Å². The number of imidazole rings is 1. The SMILES string of the molecule is CCCCCn1c(-c2ccc(N3CCCC3=O)cc2)cn2c(=O)cc(OCCC3CCCCC3)nc12. The van der Waals surface area contributed by atoms with Crippen molar-refractivity contribution < 1.29 is 9.53 Å². The van der Waals surface area contributed by atoms with Crippen LogP contribution in [0.4, 0.5) is 5.69 Å². The van der Waals surface area contributed by atoms with Crippen molar-refractivity contribution in [2.24, 2.45) is 5.92 Å². The van der Waals surface area contributed by atoms with Crippen molar-refractivity contribution in [2.45, 2.75) is 84.1 Å². The summed E-state index contributed by atoms with van der Waals surface area (Å²) in [5.41, 5.74) is 2.77. The van der Waals surface area contributed by atoms with E-state index in [4.69, 9.17) is 9.72 Å². The fourth-order valence-electron chi connectivity index (χ4n) is 5.65. The molecule has 0 radical (unpaired) electrons. The largest absolute Gasteiger partial charge is 0.477 e. The third kappa shape index (κ3) is 5.35. The van der Waals surface area contributed by atoms with Crippen LogP contribution in [-0.4, -0.2) is 33.0 Å². The summed E-state index contributed by atoms with van der Waals surface area (Å²) in [5.74, 6) is 1.95. The molecule has 2 aromatic heterocycles. The quantitative estimate of drug-likeness (QED) is 0.335. The summed E-state index contributed by atoms with van der Waals surface area (Å²) >= 11 is 0. The van der Waals surface area contributed by atoms with Crippen LogP contribution in [0.2, 0.25) is 0 Å². The molecule has 1 aliphatic heterocycles. The number of nitrogens with zero attached hydrogens (tertiary/aromatic N) is 4. The van der Waals surface area contributed by atoms with Gasteiger partial charge in [0.2, 0.25) is 17.6 Å². The third-order valence-electron chi connectivity index (χ3n) is 7.73. The van der Waals surface area contributed by atoms with Crippen molar-refractivity contribution in [1.29, 1.82) is 0 Å². The molecule has 3 aromatic rings. The first-order valence-corrected chi connectivity index (χ1v) is 13.8. The zero-order valence-electron chi connectivity index (χ0n) is 21.5. The highest BCUT2D eigenvalue weighted by Gasteiger charge is 2.22. The van der Waals surface area contributed by atoms with Crippen molar-refractivity contribution in [2.75, 3.05) is 18.1 Å². The van der Waals surface area contributed by atoms with Crippen molar-refractivity contribution in [3.05, 3.63) is 46.9 Å². The molecule has 36 heavy (non-hydrogen) atoms. The standard InChI is InChI=1S/C29H38N4O3/c1-2-3-7-17-32-25(23-12-14-24(15-13-23)31-18-8-11-27(31)34)21-33-28(35)20-26(30-29(32)33)36-19-16-22-9-5-4-6-10-22/h12-15,20-22H,2-11,16-19H2,1H3. The Kier molecular flexibility index (Phi) is 7.73. The van der Waals surface area contributed by atoms with Gasteiger partial charge in [-0.1, -0.05) is 64.0 Å². The maximum Gasteiger partial charge on any atom is 0.262 e. The fourth-order valence-corrected chi connectivity index (χ4v) is 5.65. The summed E-state index contributed by atoms with van der Waals surface area (Å²) in [7, 11) is 0. The minimum absolute atomic E-state index is 0.123. The number of ether oxygens (including phenoxy) is 1. The van der Waals surface area contributed by atoms with Crippen molar-refractivity contribution >= 4 is 17.4 Å². The smallest absolute Gasteiger partial charge is 0.262 e. The van der Waals surface area contributed by atoms with Crippen molar-refractivity contribution in [1.82, 2.24) is 14.0 Å². The number of rotatable bonds is 10. The van der Waals surface area contributed by atoms with Crippen molar-refractivity contribution in [3.63, 3.8) is 0 Å². The first-order valence-electron chi connectivity index (χ1n) is 13.8. The average Bonchev–Trinajstić information content (AvgIpc) is 3.49. The van der Waals surface area contributed by atoms with E-state index >= 15 is 0 Å². The van der Waals surface area contributed by atoms with E-state index in [9.17, 15) is 9.59 Å². The number of benzene rings is 1. The number of unbranched alkanes of at least 4 members (excludes halogenated alkanes) is 2. The number of aromatic nitrogens is 3. The number of carbonyl (C=O) groups is 1. The van der Waals surface area contributed by atoms with Gasteiger partial charge < -0.3 is 14.2 Å². The monoisotopic (exact) mass is 490 g/mol. The molecule has 0 atom stereocenters. The maximum atomic E-state index is 13.0. The topological polar surface area (TPSA) is 68.8 Å². The number of hydrogen-bond donors (Lipinski definition) is 0. The van der Waals surface area contributed by atoms with Crippen molar-refractivity contribution in [3.8, 4) is 17.1 Å². The predicted molar refractivity (Wildman–Crippen MR) is 143 cm³/mol. The molecule has 1 aromatic carbocycles. The fraction of sp³-hybridized carbons (Fsp3) is 0.552.